The Balaban J connectivity index is 2.76. The van der Waals surface area contributed by atoms with Gasteiger partial charge in [-0.15, -0.1) is 0 Å². The second kappa shape index (κ2) is 4.03. The monoisotopic (exact) mass is 181 g/mol. The Kier molecular flexibility index (Phi) is 3.01. The Morgan fingerprint density at radius 2 is 2.31 bits per heavy atom. The van der Waals surface area contributed by atoms with E-state index in [0.29, 0.717) is 5.56 Å². The lowest BCUT2D eigenvalue weighted by atomic mass is 10.1. The molecule has 1 radical (unpaired) electrons. The molecular formula is C10H10FO2. The molecule has 13 heavy (non-hydrogen) atoms. The zero-order valence-electron chi connectivity index (χ0n) is 7.29. The third kappa shape index (κ3) is 2.86. The predicted molar refractivity (Wildman–Crippen MR) is 46.3 cm³/mol. The van der Waals surface area contributed by atoms with Crippen molar-refractivity contribution < 1.29 is 13.9 Å². The fourth-order valence-electron chi connectivity index (χ4n) is 0.975. The van der Waals surface area contributed by atoms with Crippen molar-refractivity contribution in [2.45, 2.75) is 13.0 Å². The van der Waals surface area contributed by atoms with Gasteiger partial charge >= 0.3 is 5.97 Å². The molecule has 0 spiro atoms. The summed E-state index contributed by atoms with van der Waals surface area (Å²) in [4.78, 5) is 10.6. The first-order chi connectivity index (χ1) is 6.09. The molecule has 2 nitrogen and oxygen atoms in total. The van der Waals surface area contributed by atoms with Gasteiger partial charge in [-0.25, -0.2) is 4.39 Å². The van der Waals surface area contributed by atoms with Crippen LogP contribution in [0.3, 0.4) is 0 Å². The van der Waals surface area contributed by atoms with Crippen LogP contribution in [0.1, 0.15) is 18.6 Å². The van der Waals surface area contributed by atoms with Crippen LogP contribution in [0.25, 0.3) is 0 Å². The first-order valence-corrected chi connectivity index (χ1v) is 3.85. The van der Waals surface area contributed by atoms with E-state index in [1.165, 1.54) is 19.1 Å². The molecule has 1 aromatic carbocycles. The van der Waals surface area contributed by atoms with Crippen molar-refractivity contribution in [3.8, 4) is 0 Å². The second-order valence-corrected chi connectivity index (χ2v) is 2.65. The molecule has 1 aromatic rings. The SMILES string of the molecule is [CH2]C(OC(C)=O)c1cccc(F)c1. The van der Waals surface area contributed by atoms with Crippen LogP contribution < -0.4 is 0 Å². The van der Waals surface area contributed by atoms with Gasteiger partial charge in [-0.1, -0.05) is 12.1 Å². The summed E-state index contributed by atoms with van der Waals surface area (Å²) in [6.07, 6.45) is -0.645. The van der Waals surface area contributed by atoms with Crippen molar-refractivity contribution in [1.82, 2.24) is 0 Å². The van der Waals surface area contributed by atoms with Gasteiger partial charge in [-0.05, 0) is 24.6 Å². The molecular weight excluding hydrogens is 171 g/mol. The molecule has 0 aliphatic rings. The maximum atomic E-state index is 12.7. The van der Waals surface area contributed by atoms with Crippen LogP contribution in [0.4, 0.5) is 4.39 Å². The lowest BCUT2D eigenvalue weighted by Gasteiger charge is -2.11. The summed E-state index contributed by atoms with van der Waals surface area (Å²) >= 11 is 0. The maximum absolute atomic E-state index is 12.7. The summed E-state index contributed by atoms with van der Waals surface area (Å²) in [5.74, 6) is -0.789. The highest BCUT2D eigenvalue weighted by atomic mass is 19.1. The highest BCUT2D eigenvalue weighted by Gasteiger charge is 2.08. The van der Waals surface area contributed by atoms with Crippen molar-refractivity contribution in [3.63, 3.8) is 0 Å². The normalized spacial score (nSPS) is 12.2. The first kappa shape index (κ1) is 9.71. The highest BCUT2D eigenvalue weighted by Crippen LogP contribution is 2.16. The maximum Gasteiger partial charge on any atom is 0.303 e. The smallest absolute Gasteiger partial charge is 0.303 e. The van der Waals surface area contributed by atoms with E-state index >= 15 is 0 Å². The second-order valence-electron chi connectivity index (χ2n) is 2.65. The van der Waals surface area contributed by atoms with E-state index in [4.69, 9.17) is 4.74 Å². The number of esters is 1. The molecule has 0 amide bonds. The fraction of sp³-hybridized carbons (Fsp3) is 0.200. The third-order valence-corrected chi connectivity index (χ3v) is 1.53. The van der Waals surface area contributed by atoms with Crippen LogP contribution in [0.15, 0.2) is 24.3 Å². The molecule has 0 aromatic heterocycles. The number of hydrogen-bond donors (Lipinski definition) is 0. The lowest BCUT2D eigenvalue weighted by Crippen LogP contribution is -2.05. The Morgan fingerprint density at radius 1 is 1.62 bits per heavy atom. The molecule has 0 heterocycles. The van der Waals surface area contributed by atoms with Crippen molar-refractivity contribution in [1.29, 1.82) is 0 Å². The highest BCUT2D eigenvalue weighted by molar-refractivity contribution is 5.66. The van der Waals surface area contributed by atoms with E-state index in [-0.39, 0.29) is 5.82 Å². The zero-order valence-corrected chi connectivity index (χ0v) is 7.29. The average Bonchev–Trinajstić information content (AvgIpc) is 2.03. The van der Waals surface area contributed by atoms with E-state index in [9.17, 15) is 9.18 Å². The molecule has 0 aliphatic carbocycles. The zero-order chi connectivity index (χ0) is 9.84. The molecule has 0 N–H and O–H groups in total. The molecule has 1 atom stereocenters. The van der Waals surface area contributed by atoms with Gasteiger partial charge < -0.3 is 4.74 Å². The van der Waals surface area contributed by atoms with Gasteiger partial charge in [0.25, 0.3) is 0 Å². The number of benzene rings is 1. The van der Waals surface area contributed by atoms with Crippen LogP contribution in [0, 0.1) is 12.7 Å². The first-order valence-electron chi connectivity index (χ1n) is 3.85. The van der Waals surface area contributed by atoms with E-state index in [2.05, 4.69) is 6.92 Å². The Bertz CT molecular complexity index is 310. The van der Waals surface area contributed by atoms with Gasteiger partial charge in [0, 0.05) is 6.92 Å². The molecule has 3 heteroatoms. The number of hydrogen-bond acceptors (Lipinski definition) is 2. The lowest BCUT2D eigenvalue weighted by molar-refractivity contribution is -0.144. The van der Waals surface area contributed by atoms with Crippen LogP contribution in [-0.4, -0.2) is 5.97 Å². The minimum Gasteiger partial charge on any atom is -0.458 e. The van der Waals surface area contributed by atoms with Gasteiger partial charge in [0.15, 0.2) is 0 Å². The van der Waals surface area contributed by atoms with E-state index in [0.717, 1.165) is 0 Å². The average molecular weight is 181 g/mol. The van der Waals surface area contributed by atoms with Crippen LogP contribution in [0.2, 0.25) is 0 Å². The van der Waals surface area contributed by atoms with Crippen LogP contribution in [0.5, 0.6) is 0 Å². The number of rotatable bonds is 2. The van der Waals surface area contributed by atoms with Gasteiger partial charge in [-0.3, -0.25) is 4.79 Å². The quantitative estimate of drug-likeness (QED) is 0.654. The molecule has 0 bridgehead atoms. The molecule has 0 saturated heterocycles. The summed E-state index contributed by atoms with van der Waals surface area (Å²) in [6, 6.07) is 5.82. The standard InChI is InChI=1S/C10H10FO2/c1-7(13-8(2)12)9-4-3-5-10(11)6-9/h3-7H,1H2,2H3. The molecule has 0 aliphatic heterocycles. The van der Waals surface area contributed by atoms with Crippen LogP contribution >= 0.6 is 0 Å². The summed E-state index contributed by atoms with van der Waals surface area (Å²) < 4.78 is 17.5. The summed E-state index contributed by atoms with van der Waals surface area (Å²) in [5, 5.41) is 0. The van der Waals surface area contributed by atoms with Crippen molar-refractivity contribution in [2.75, 3.05) is 0 Å². The van der Waals surface area contributed by atoms with Crippen LogP contribution in [-0.2, 0) is 9.53 Å². The van der Waals surface area contributed by atoms with Crippen molar-refractivity contribution >= 4 is 5.97 Å². The molecule has 0 fully saturated rings. The number of ether oxygens (including phenoxy) is 1. The molecule has 0 saturated carbocycles. The van der Waals surface area contributed by atoms with Crippen molar-refractivity contribution in [2.24, 2.45) is 0 Å². The Hall–Kier alpha value is -1.38. The van der Waals surface area contributed by atoms with E-state index in [1.807, 2.05) is 0 Å². The predicted octanol–water partition coefficient (Wildman–Crippen LogP) is 2.26. The largest absolute Gasteiger partial charge is 0.458 e. The number of carbonyl (C=O) groups excluding carboxylic acids is 1. The number of carbonyl (C=O) groups is 1. The third-order valence-electron chi connectivity index (χ3n) is 1.53. The summed E-state index contributed by atoms with van der Waals surface area (Å²) in [6.45, 7) is 4.87. The Labute approximate surface area is 76.3 Å². The minimum absolute atomic E-state index is 0.363. The fourth-order valence-corrected chi connectivity index (χ4v) is 0.975. The molecule has 1 unspecified atom stereocenters. The van der Waals surface area contributed by atoms with Gasteiger partial charge in [-0.2, -0.15) is 0 Å². The Morgan fingerprint density at radius 3 is 2.85 bits per heavy atom. The summed E-state index contributed by atoms with van der Waals surface area (Å²) in [7, 11) is 0. The summed E-state index contributed by atoms with van der Waals surface area (Å²) in [5.41, 5.74) is 0.551. The molecule has 1 rings (SSSR count). The minimum atomic E-state index is -0.645. The van der Waals surface area contributed by atoms with Gasteiger partial charge in [0.2, 0.25) is 0 Å². The van der Waals surface area contributed by atoms with E-state index in [1.54, 1.807) is 12.1 Å². The van der Waals surface area contributed by atoms with E-state index < -0.39 is 12.1 Å². The van der Waals surface area contributed by atoms with Gasteiger partial charge in [0.05, 0.1) is 0 Å². The number of halogens is 1. The topological polar surface area (TPSA) is 26.3 Å². The molecule has 69 valence electrons. The van der Waals surface area contributed by atoms with Crippen molar-refractivity contribution in [3.05, 3.63) is 42.6 Å². The van der Waals surface area contributed by atoms with Gasteiger partial charge in [0.1, 0.15) is 11.9 Å².